The summed E-state index contributed by atoms with van der Waals surface area (Å²) in [6, 6.07) is 4.25. The Balaban J connectivity index is 2.79. The normalized spacial score (nSPS) is 9.46. The molecule has 0 aromatic heterocycles. The van der Waals surface area contributed by atoms with Gasteiger partial charge in [-0.05, 0) is 30.4 Å². The second-order valence-electron chi connectivity index (χ2n) is 2.23. The zero-order valence-corrected chi connectivity index (χ0v) is 8.05. The first-order chi connectivity index (χ1) is 6.13. The van der Waals surface area contributed by atoms with E-state index in [1.165, 1.54) is 12.1 Å². The van der Waals surface area contributed by atoms with Crippen molar-refractivity contribution in [2.24, 2.45) is 5.84 Å². The number of benzene rings is 1. The SMILES string of the molecule is NNC(=S)Nc1ccc(Cl)c(F)c1. The molecule has 6 heteroatoms. The molecule has 13 heavy (non-hydrogen) atoms. The van der Waals surface area contributed by atoms with Crippen LogP contribution in [-0.2, 0) is 0 Å². The number of thiocarbonyl (C=S) groups is 1. The number of nitrogens with two attached hydrogens (primary N) is 1. The lowest BCUT2D eigenvalue weighted by Crippen LogP contribution is -2.34. The maximum Gasteiger partial charge on any atom is 0.185 e. The van der Waals surface area contributed by atoms with Gasteiger partial charge in [-0.1, -0.05) is 11.6 Å². The lowest BCUT2D eigenvalue weighted by molar-refractivity contribution is 0.629. The second-order valence-corrected chi connectivity index (χ2v) is 3.04. The Bertz CT molecular complexity index is 332. The molecule has 0 aliphatic heterocycles. The van der Waals surface area contributed by atoms with Gasteiger partial charge >= 0.3 is 0 Å². The molecule has 70 valence electrons. The van der Waals surface area contributed by atoms with Gasteiger partial charge in [0.2, 0.25) is 0 Å². The lowest BCUT2D eigenvalue weighted by atomic mass is 10.3. The molecule has 1 aromatic rings. The molecule has 0 aliphatic rings. The van der Waals surface area contributed by atoms with Gasteiger partial charge in [0.15, 0.2) is 5.11 Å². The van der Waals surface area contributed by atoms with Crippen molar-refractivity contribution in [2.45, 2.75) is 0 Å². The highest BCUT2D eigenvalue weighted by atomic mass is 35.5. The van der Waals surface area contributed by atoms with Crippen LogP contribution >= 0.6 is 23.8 Å². The van der Waals surface area contributed by atoms with E-state index in [1.54, 1.807) is 6.07 Å². The van der Waals surface area contributed by atoms with E-state index < -0.39 is 5.82 Å². The van der Waals surface area contributed by atoms with E-state index in [1.807, 2.05) is 0 Å². The van der Waals surface area contributed by atoms with Crippen LogP contribution in [0.3, 0.4) is 0 Å². The fourth-order valence-electron chi connectivity index (χ4n) is 0.741. The van der Waals surface area contributed by atoms with Crippen molar-refractivity contribution < 1.29 is 4.39 Å². The topological polar surface area (TPSA) is 50.1 Å². The summed E-state index contributed by atoms with van der Waals surface area (Å²) in [7, 11) is 0. The molecule has 0 fully saturated rings. The number of hydrogen-bond donors (Lipinski definition) is 3. The van der Waals surface area contributed by atoms with Crippen molar-refractivity contribution in [3.8, 4) is 0 Å². The average Bonchev–Trinajstić information content (AvgIpc) is 2.11. The van der Waals surface area contributed by atoms with Crippen molar-refractivity contribution >= 4 is 34.6 Å². The number of nitrogens with one attached hydrogen (secondary N) is 2. The minimum absolute atomic E-state index is 0.0668. The fraction of sp³-hybridized carbons (Fsp3) is 0. The summed E-state index contributed by atoms with van der Waals surface area (Å²) < 4.78 is 12.9. The van der Waals surface area contributed by atoms with E-state index in [9.17, 15) is 4.39 Å². The molecule has 4 N–H and O–H groups in total. The molecule has 0 amide bonds. The van der Waals surface area contributed by atoms with E-state index >= 15 is 0 Å². The molecule has 0 radical (unpaired) electrons. The number of rotatable bonds is 1. The molecular weight excluding hydrogens is 213 g/mol. The predicted octanol–water partition coefficient (Wildman–Crippen LogP) is 1.64. The summed E-state index contributed by atoms with van der Waals surface area (Å²) in [4.78, 5) is 0. The van der Waals surface area contributed by atoms with E-state index in [0.29, 0.717) is 5.69 Å². The average molecular weight is 220 g/mol. The van der Waals surface area contributed by atoms with Gasteiger partial charge < -0.3 is 10.7 Å². The number of anilines is 1. The van der Waals surface area contributed by atoms with Crippen LogP contribution in [0.15, 0.2) is 18.2 Å². The highest BCUT2D eigenvalue weighted by Gasteiger charge is 2.01. The van der Waals surface area contributed by atoms with Crippen LogP contribution in [0.25, 0.3) is 0 Å². The van der Waals surface area contributed by atoms with Gasteiger partial charge in [-0.15, -0.1) is 0 Å². The summed E-state index contributed by atoms with van der Waals surface area (Å²) in [5.41, 5.74) is 2.70. The zero-order chi connectivity index (χ0) is 9.84. The van der Waals surface area contributed by atoms with Crippen molar-refractivity contribution in [3.63, 3.8) is 0 Å². The Kier molecular flexibility index (Phi) is 3.41. The van der Waals surface area contributed by atoms with Crippen LogP contribution in [0, 0.1) is 5.82 Å². The molecule has 1 aromatic carbocycles. The monoisotopic (exact) mass is 219 g/mol. The fourth-order valence-corrected chi connectivity index (χ4v) is 0.976. The first-order valence-corrected chi connectivity index (χ1v) is 4.15. The minimum Gasteiger partial charge on any atom is -0.332 e. The Morgan fingerprint density at radius 3 is 2.77 bits per heavy atom. The van der Waals surface area contributed by atoms with Gasteiger partial charge in [0.25, 0.3) is 0 Å². The molecule has 0 saturated heterocycles. The summed E-state index contributed by atoms with van der Waals surface area (Å²) in [6.45, 7) is 0. The maximum atomic E-state index is 12.9. The highest BCUT2D eigenvalue weighted by molar-refractivity contribution is 7.80. The van der Waals surface area contributed by atoms with Gasteiger partial charge in [-0.25, -0.2) is 10.2 Å². The van der Waals surface area contributed by atoms with Crippen LogP contribution in [0.2, 0.25) is 5.02 Å². The first kappa shape index (κ1) is 10.2. The minimum atomic E-state index is -0.508. The molecule has 0 heterocycles. The summed E-state index contributed by atoms with van der Waals surface area (Å²) in [5, 5.41) is 2.93. The molecular formula is C7H7ClFN3S. The van der Waals surface area contributed by atoms with Crippen LogP contribution in [0.5, 0.6) is 0 Å². The Morgan fingerprint density at radius 1 is 1.54 bits per heavy atom. The molecule has 1 rings (SSSR count). The van der Waals surface area contributed by atoms with Crippen molar-refractivity contribution in [2.75, 3.05) is 5.32 Å². The Labute approximate surface area is 85.0 Å². The van der Waals surface area contributed by atoms with Crippen LogP contribution < -0.4 is 16.6 Å². The number of hydrazine groups is 1. The zero-order valence-electron chi connectivity index (χ0n) is 6.47. The largest absolute Gasteiger partial charge is 0.332 e. The molecule has 3 nitrogen and oxygen atoms in total. The summed E-state index contributed by atoms with van der Waals surface area (Å²) in [6.07, 6.45) is 0. The smallest absolute Gasteiger partial charge is 0.185 e. The predicted molar refractivity (Wildman–Crippen MR) is 55.0 cm³/mol. The van der Waals surface area contributed by atoms with Crippen LogP contribution in [0.4, 0.5) is 10.1 Å². The van der Waals surface area contributed by atoms with Gasteiger partial charge in [0.05, 0.1) is 5.02 Å². The maximum absolute atomic E-state index is 12.9. The van der Waals surface area contributed by atoms with Crippen LogP contribution in [-0.4, -0.2) is 5.11 Å². The van der Waals surface area contributed by atoms with Crippen molar-refractivity contribution in [1.29, 1.82) is 0 Å². The number of hydrogen-bond acceptors (Lipinski definition) is 2. The second kappa shape index (κ2) is 4.36. The highest BCUT2D eigenvalue weighted by Crippen LogP contribution is 2.18. The van der Waals surface area contributed by atoms with Gasteiger partial charge in [0.1, 0.15) is 5.82 Å². The number of halogens is 2. The van der Waals surface area contributed by atoms with Crippen LogP contribution in [0.1, 0.15) is 0 Å². The molecule has 0 unspecified atom stereocenters. The molecule has 0 spiro atoms. The third-order valence-corrected chi connectivity index (χ3v) is 1.84. The van der Waals surface area contributed by atoms with Crippen molar-refractivity contribution in [1.82, 2.24) is 5.43 Å². The third-order valence-electron chi connectivity index (χ3n) is 1.31. The Hall–Kier alpha value is -0.910. The molecule has 0 bridgehead atoms. The van der Waals surface area contributed by atoms with Gasteiger partial charge in [0, 0.05) is 5.69 Å². The van der Waals surface area contributed by atoms with Gasteiger partial charge in [-0.2, -0.15) is 0 Å². The molecule has 0 atom stereocenters. The molecule has 0 saturated carbocycles. The van der Waals surface area contributed by atoms with Crippen molar-refractivity contribution in [3.05, 3.63) is 29.0 Å². The third kappa shape index (κ3) is 2.80. The summed E-state index contributed by atoms with van der Waals surface area (Å²) >= 11 is 10.2. The first-order valence-electron chi connectivity index (χ1n) is 3.36. The van der Waals surface area contributed by atoms with E-state index in [2.05, 4.69) is 10.7 Å². The van der Waals surface area contributed by atoms with E-state index in [0.717, 1.165) is 0 Å². The summed E-state index contributed by atoms with van der Waals surface area (Å²) in [5.74, 6) is 4.51. The van der Waals surface area contributed by atoms with E-state index in [4.69, 9.17) is 29.7 Å². The van der Waals surface area contributed by atoms with Gasteiger partial charge in [-0.3, -0.25) is 0 Å². The Morgan fingerprint density at radius 2 is 2.23 bits per heavy atom. The lowest BCUT2D eigenvalue weighted by Gasteiger charge is -2.06. The standard InChI is InChI=1S/C7H7ClFN3S/c8-5-2-1-4(3-6(5)9)11-7(13)12-10/h1-3H,10H2,(H2,11,12,13). The van der Waals surface area contributed by atoms with E-state index in [-0.39, 0.29) is 10.1 Å². The quantitative estimate of drug-likeness (QED) is 0.382. The molecule has 0 aliphatic carbocycles.